The first-order valence-electron chi connectivity index (χ1n) is 5.99. The molecule has 7 nitrogen and oxygen atoms in total. The van der Waals surface area contributed by atoms with Gasteiger partial charge in [0.05, 0.1) is 26.8 Å². The Kier molecular flexibility index (Phi) is 7.88. The van der Waals surface area contributed by atoms with E-state index in [2.05, 4.69) is 0 Å². The van der Waals surface area contributed by atoms with E-state index in [9.17, 15) is 20.4 Å². The molecule has 18 heavy (non-hydrogen) atoms. The van der Waals surface area contributed by atoms with Crippen LogP contribution in [0.3, 0.4) is 0 Å². The highest BCUT2D eigenvalue weighted by Crippen LogP contribution is 2.09. The molecule has 0 aromatic heterocycles. The summed E-state index contributed by atoms with van der Waals surface area (Å²) in [4.78, 5) is 0. The molecule has 0 spiro atoms. The van der Waals surface area contributed by atoms with Gasteiger partial charge in [-0.25, -0.2) is 0 Å². The van der Waals surface area contributed by atoms with Crippen LogP contribution in [0.15, 0.2) is 0 Å². The quantitative estimate of drug-likeness (QED) is 0.246. The zero-order valence-corrected chi connectivity index (χ0v) is 11.0. The maximum atomic E-state index is 9.78. The molecule has 0 aliphatic heterocycles. The first-order chi connectivity index (χ1) is 8.23. The maximum absolute atomic E-state index is 9.78. The van der Waals surface area contributed by atoms with Gasteiger partial charge in [-0.2, -0.15) is 0 Å². The monoisotopic (exact) mass is 268 g/mol. The summed E-state index contributed by atoms with van der Waals surface area (Å²) in [7, 11) is 3.46. The van der Waals surface area contributed by atoms with Crippen LogP contribution in [0.5, 0.6) is 0 Å². The minimum absolute atomic E-state index is 0.00901. The smallest absolute Gasteiger partial charge is 0.131 e. The molecule has 0 aliphatic rings. The zero-order chi connectivity index (χ0) is 14.3. The summed E-state index contributed by atoms with van der Waals surface area (Å²) in [5.74, 6) is 0. The van der Waals surface area contributed by atoms with Gasteiger partial charge in [-0.15, -0.1) is 0 Å². The minimum atomic E-state index is -1.35. The lowest BCUT2D eigenvalue weighted by Crippen LogP contribution is -2.54. The second kappa shape index (κ2) is 8.00. The summed E-state index contributed by atoms with van der Waals surface area (Å²) < 4.78 is 0.186. The molecule has 6 N–H and O–H groups in total. The molecular formula is C11H26NO6+. The van der Waals surface area contributed by atoms with Gasteiger partial charge in [0.25, 0.3) is 0 Å². The fourth-order valence-electron chi connectivity index (χ4n) is 1.88. The van der Waals surface area contributed by atoms with Crippen molar-refractivity contribution in [3.8, 4) is 0 Å². The Morgan fingerprint density at radius 1 is 0.889 bits per heavy atom. The van der Waals surface area contributed by atoms with Crippen LogP contribution in [-0.4, -0.2) is 99.9 Å². The molecule has 0 aromatic carbocycles. The van der Waals surface area contributed by atoms with Crippen LogP contribution in [-0.2, 0) is 0 Å². The van der Waals surface area contributed by atoms with Crippen LogP contribution in [0.2, 0.25) is 0 Å². The molecule has 4 unspecified atom stereocenters. The molecule has 0 heterocycles. The van der Waals surface area contributed by atoms with Crippen molar-refractivity contribution in [3.05, 3.63) is 0 Å². The van der Waals surface area contributed by atoms with Gasteiger partial charge in [-0.1, -0.05) is 0 Å². The number of aliphatic hydroxyl groups excluding tert-OH is 6. The molecule has 0 aliphatic carbocycles. The fraction of sp³-hybridized carbons (Fsp3) is 1.00. The Hall–Kier alpha value is -0.280. The Bertz CT molecular complexity index is 226. The molecule has 0 rings (SSSR count). The highest BCUT2D eigenvalue weighted by Gasteiger charge is 2.31. The molecule has 0 saturated carbocycles. The van der Waals surface area contributed by atoms with Crippen LogP contribution in [0.1, 0.15) is 6.42 Å². The second-order valence-corrected chi connectivity index (χ2v) is 5.27. The van der Waals surface area contributed by atoms with E-state index in [1.807, 2.05) is 0 Å². The van der Waals surface area contributed by atoms with Crippen molar-refractivity contribution in [2.75, 3.05) is 40.4 Å². The van der Waals surface area contributed by atoms with Crippen molar-refractivity contribution in [1.82, 2.24) is 0 Å². The predicted octanol–water partition coefficient (Wildman–Crippen LogP) is -3.12. The summed E-state index contributed by atoms with van der Waals surface area (Å²) in [5.41, 5.74) is 0. The normalized spacial score (nSPS) is 19.3. The average Bonchev–Trinajstić information content (AvgIpc) is 2.26. The third-order valence-electron chi connectivity index (χ3n) is 2.81. The Morgan fingerprint density at radius 3 is 1.89 bits per heavy atom. The number of hydrogen-bond donors (Lipinski definition) is 6. The topological polar surface area (TPSA) is 121 Å². The largest absolute Gasteiger partial charge is 0.396 e. The lowest BCUT2D eigenvalue weighted by molar-refractivity contribution is -0.896. The van der Waals surface area contributed by atoms with E-state index in [4.69, 9.17) is 10.2 Å². The minimum Gasteiger partial charge on any atom is -0.396 e. The second-order valence-electron chi connectivity index (χ2n) is 5.27. The molecule has 4 atom stereocenters. The first-order valence-corrected chi connectivity index (χ1v) is 5.99. The summed E-state index contributed by atoms with van der Waals surface area (Å²) in [6, 6.07) is 0. The van der Waals surface area contributed by atoms with Crippen molar-refractivity contribution in [2.24, 2.45) is 0 Å². The van der Waals surface area contributed by atoms with Crippen LogP contribution >= 0.6 is 0 Å². The van der Waals surface area contributed by atoms with Crippen molar-refractivity contribution in [2.45, 2.75) is 30.8 Å². The van der Waals surface area contributed by atoms with E-state index in [0.29, 0.717) is 0 Å². The van der Waals surface area contributed by atoms with Crippen LogP contribution in [0.4, 0.5) is 0 Å². The third kappa shape index (κ3) is 6.60. The predicted molar refractivity (Wildman–Crippen MR) is 64.7 cm³/mol. The van der Waals surface area contributed by atoms with Crippen molar-refractivity contribution < 1.29 is 35.1 Å². The maximum Gasteiger partial charge on any atom is 0.131 e. The molecule has 0 aromatic rings. The van der Waals surface area contributed by atoms with E-state index >= 15 is 0 Å². The van der Waals surface area contributed by atoms with E-state index in [1.54, 1.807) is 14.1 Å². The summed E-state index contributed by atoms with van der Waals surface area (Å²) >= 11 is 0. The molecular weight excluding hydrogens is 242 g/mol. The van der Waals surface area contributed by atoms with Gasteiger partial charge < -0.3 is 35.1 Å². The highest BCUT2D eigenvalue weighted by molar-refractivity contribution is 4.75. The van der Waals surface area contributed by atoms with E-state index < -0.39 is 24.4 Å². The number of likely N-dealkylation sites (N-methyl/N-ethyl adjacent to an activating group) is 1. The van der Waals surface area contributed by atoms with E-state index in [-0.39, 0.29) is 37.2 Å². The van der Waals surface area contributed by atoms with Gasteiger partial charge in [0.15, 0.2) is 0 Å². The molecule has 0 bridgehead atoms. The number of quaternary nitrogens is 1. The molecule has 7 heteroatoms. The fourth-order valence-corrected chi connectivity index (χ4v) is 1.88. The van der Waals surface area contributed by atoms with Gasteiger partial charge in [-0.3, -0.25) is 0 Å². The van der Waals surface area contributed by atoms with E-state index in [1.165, 1.54) is 0 Å². The van der Waals surface area contributed by atoms with E-state index in [0.717, 1.165) is 0 Å². The Labute approximate surface area is 107 Å². The molecule has 0 amide bonds. The van der Waals surface area contributed by atoms with Gasteiger partial charge >= 0.3 is 0 Å². The molecule has 0 fully saturated rings. The molecule has 0 radical (unpaired) electrons. The standard InChI is InChI=1S/C11H26NO6/c1-12(2,5-8(15)7-14)6-10(17)11(18)9(16)3-4-13/h8-11,13-18H,3-7H2,1-2H3/q+1. The number of nitrogens with zero attached hydrogens (tertiary/aromatic N) is 1. The van der Waals surface area contributed by atoms with Crippen LogP contribution in [0.25, 0.3) is 0 Å². The van der Waals surface area contributed by atoms with Crippen molar-refractivity contribution >= 4 is 0 Å². The lowest BCUT2D eigenvalue weighted by atomic mass is 10.0. The SMILES string of the molecule is C[N+](C)(CC(O)CO)CC(O)C(O)C(O)CCO. The van der Waals surface area contributed by atoms with Crippen molar-refractivity contribution in [3.63, 3.8) is 0 Å². The van der Waals surface area contributed by atoms with Crippen LogP contribution < -0.4 is 0 Å². The Balaban J connectivity index is 4.31. The molecule has 110 valence electrons. The first kappa shape index (κ1) is 17.7. The third-order valence-corrected chi connectivity index (χ3v) is 2.81. The van der Waals surface area contributed by atoms with Gasteiger partial charge in [0.2, 0.25) is 0 Å². The number of aliphatic hydroxyl groups is 6. The number of hydrogen-bond acceptors (Lipinski definition) is 6. The lowest BCUT2D eigenvalue weighted by Gasteiger charge is -2.35. The zero-order valence-electron chi connectivity index (χ0n) is 11.0. The van der Waals surface area contributed by atoms with Crippen LogP contribution in [0, 0.1) is 0 Å². The Morgan fingerprint density at radius 2 is 1.44 bits per heavy atom. The van der Waals surface area contributed by atoms with Gasteiger partial charge in [-0.05, 0) is 6.42 Å². The van der Waals surface area contributed by atoms with Gasteiger partial charge in [0, 0.05) is 6.61 Å². The average molecular weight is 268 g/mol. The summed E-state index contributed by atoms with van der Waals surface area (Å²) in [6.07, 6.45) is -4.61. The van der Waals surface area contributed by atoms with Gasteiger partial charge in [0.1, 0.15) is 31.4 Å². The summed E-state index contributed by atoms with van der Waals surface area (Å²) in [5, 5.41) is 55.6. The number of rotatable bonds is 9. The van der Waals surface area contributed by atoms with Crippen molar-refractivity contribution in [1.29, 1.82) is 0 Å². The highest BCUT2D eigenvalue weighted by atomic mass is 16.4. The molecule has 0 saturated heterocycles. The summed E-state index contributed by atoms with van der Waals surface area (Å²) in [6.45, 7) is -0.309.